The zero-order valence-corrected chi connectivity index (χ0v) is 8.22. The maximum atomic E-state index is 3.83. The normalized spacial score (nSPS) is 9.62. The van der Waals surface area contributed by atoms with Crippen LogP contribution in [0.2, 0.25) is 0 Å². The van der Waals surface area contributed by atoms with Gasteiger partial charge in [0.05, 0.1) is 0 Å². The number of hydrogen-bond acceptors (Lipinski definition) is 0. The zero-order valence-electron chi connectivity index (χ0n) is 8.22. The molecule has 0 aliphatic carbocycles. The van der Waals surface area contributed by atoms with Crippen molar-refractivity contribution in [3.05, 3.63) is 54.1 Å². The first kappa shape index (κ1) is 9.79. The highest BCUT2D eigenvalue weighted by molar-refractivity contribution is 5.56. The molecule has 1 rings (SSSR count). The first-order valence-corrected chi connectivity index (χ1v) is 4.61. The van der Waals surface area contributed by atoms with Gasteiger partial charge in [-0.15, -0.1) is 6.58 Å². The van der Waals surface area contributed by atoms with Gasteiger partial charge in [0.2, 0.25) is 0 Å². The summed E-state index contributed by atoms with van der Waals surface area (Å²) in [6, 6.07) is 6.38. The molecule has 1 aromatic carbocycles. The van der Waals surface area contributed by atoms with E-state index in [-0.39, 0.29) is 0 Å². The summed E-state index contributed by atoms with van der Waals surface area (Å²) in [5, 5.41) is 0. The third kappa shape index (κ3) is 2.32. The van der Waals surface area contributed by atoms with Gasteiger partial charge >= 0.3 is 0 Å². The van der Waals surface area contributed by atoms with Crippen LogP contribution in [-0.2, 0) is 6.42 Å². The summed E-state index contributed by atoms with van der Waals surface area (Å²) in [6.45, 7) is 9.68. The molecule has 0 amide bonds. The Hall–Kier alpha value is -1.30. The van der Waals surface area contributed by atoms with Crippen molar-refractivity contribution in [2.24, 2.45) is 0 Å². The number of benzene rings is 1. The molecule has 0 saturated heterocycles. The van der Waals surface area contributed by atoms with Gasteiger partial charge in [0.25, 0.3) is 0 Å². The minimum absolute atomic E-state index is 1.03. The van der Waals surface area contributed by atoms with Gasteiger partial charge in [-0.1, -0.05) is 36.9 Å². The number of aryl methyl sites for hydroxylation is 2. The molecule has 0 aliphatic rings. The van der Waals surface area contributed by atoms with Gasteiger partial charge in [-0.25, -0.2) is 0 Å². The van der Waals surface area contributed by atoms with Crippen molar-refractivity contribution in [1.29, 1.82) is 0 Å². The van der Waals surface area contributed by atoms with E-state index in [1.165, 1.54) is 16.7 Å². The van der Waals surface area contributed by atoms with Crippen LogP contribution in [0.3, 0.4) is 0 Å². The van der Waals surface area contributed by atoms with E-state index in [4.69, 9.17) is 0 Å². The minimum Gasteiger partial charge on any atom is -0.103 e. The molecule has 0 unspecified atom stereocenters. The molecule has 68 valence electrons. The van der Waals surface area contributed by atoms with Crippen LogP contribution in [0.5, 0.6) is 0 Å². The highest BCUT2D eigenvalue weighted by Crippen LogP contribution is 2.16. The maximum absolute atomic E-state index is 3.83. The molecule has 0 aromatic heterocycles. The summed E-state index contributed by atoms with van der Waals surface area (Å²) < 4.78 is 0. The van der Waals surface area contributed by atoms with Crippen molar-refractivity contribution in [2.45, 2.75) is 19.8 Å². The van der Waals surface area contributed by atoms with Gasteiger partial charge in [0, 0.05) is 0 Å². The third-order valence-corrected chi connectivity index (χ3v) is 2.24. The number of hydrogen-bond donors (Lipinski definition) is 0. The van der Waals surface area contributed by atoms with Gasteiger partial charge in [-0.05, 0) is 36.5 Å². The van der Waals surface area contributed by atoms with Crippen molar-refractivity contribution in [3.8, 4) is 0 Å². The van der Waals surface area contributed by atoms with Crippen LogP contribution in [0, 0.1) is 6.92 Å². The molecule has 0 N–H and O–H groups in total. The number of allylic oxidation sites excluding steroid dienone is 1. The molecule has 0 heteroatoms. The molecule has 0 fully saturated rings. The van der Waals surface area contributed by atoms with Crippen LogP contribution < -0.4 is 0 Å². The molecule has 1 aromatic rings. The van der Waals surface area contributed by atoms with Crippen molar-refractivity contribution in [1.82, 2.24) is 0 Å². The molecule has 0 nitrogen and oxygen atoms in total. The van der Waals surface area contributed by atoms with Crippen LogP contribution in [0.15, 0.2) is 37.4 Å². The van der Waals surface area contributed by atoms with Crippen molar-refractivity contribution >= 4 is 6.08 Å². The molecule has 0 radical (unpaired) electrons. The van der Waals surface area contributed by atoms with Gasteiger partial charge in [0.15, 0.2) is 0 Å². The number of rotatable bonds is 4. The van der Waals surface area contributed by atoms with Crippen molar-refractivity contribution in [3.63, 3.8) is 0 Å². The van der Waals surface area contributed by atoms with Gasteiger partial charge in [-0.3, -0.25) is 0 Å². The molecule has 0 atom stereocenters. The quantitative estimate of drug-likeness (QED) is 0.607. The summed E-state index contributed by atoms with van der Waals surface area (Å²) in [7, 11) is 0. The Labute approximate surface area is 80.6 Å². The summed E-state index contributed by atoms with van der Waals surface area (Å²) in [5.74, 6) is 0. The van der Waals surface area contributed by atoms with Crippen LogP contribution in [0.4, 0.5) is 0 Å². The largest absolute Gasteiger partial charge is 0.103 e. The average molecular weight is 172 g/mol. The van der Waals surface area contributed by atoms with E-state index in [1.807, 2.05) is 12.2 Å². The van der Waals surface area contributed by atoms with E-state index < -0.39 is 0 Å². The molecular weight excluding hydrogens is 156 g/mol. The fraction of sp³-hybridized carbons (Fsp3) is 0.231. The molecule has 0 aliphatic heterocycles. The average Bonchev–Trinajstić information content (AvgIpc) is 2.15. The van der Waals surface area contributed by atoms with E-state index in [9.17, 15) is 0 Å². The first-order chi connectivity index (χ1) is 6.29. The molecule has 0 bridgehead atoms. The van der Waals surface area contributed by atoms with Crippen LogP contribution in [0.25, 0.3) is 6.08 Å². The first-order valence-electron chi connectivity index (χ1n) is 4.61. The Kier molecular flexibility index (Phi) is 3.51. The Morgan fingerprint density at radius 2 is 2.08 bits per heavy atom. The standard InChI is InChI=1S/C13H16/c1-4-6-9-12-10-7-8-11(3)13(12)5-2/h4-5,7-8,10H,1-2,6,9H2,3H3. The Morgan fingerprint density at radius 3 is 2.69 bits per heavy atom. The molecular formula is C13H16. The molecule has 0 saturated carbocycles. The van der Waals surface area contributed by atoms with Gasteiger partial charge < -0.3 is 0 Å². The third-order valence-electron chi connectivity index (χ3n) is 2.24. The molecule has 13 heavy (non-hydrogen) atoms. The highest BCUT2D eigenvalue weighted by atomic mass is 14.0. The van der Waals surface area contributed by atoms with Crippen molar-refractivity contribution in [2.75, 3.05) is 0 Å². The predicted octanol–water partition coefficient (Wildman–Crippen LogP) is 3.76. The van der Waals surface area contributed by atoms with Crippen LogP contribution >= 0.6 is 0 Å². The Balaban J connectivity index is 2.97. The lowest BCUT2D eigenvalue weighted by Gasteiger charge is -2.07. The SMILES string of the molecule is C=CCCc1cccc(C)c1C=C. The lowest BCUT2D eigenvalue weighted by Crippen LogP contribution is -1.91. The van der Waals surface area contributed by atoms with E-state index in [0.29, 0.717) is 0 Å². The topological polar surface area (TPSA) is 0 Å². The lowest BCUT2D eigenvalue weighted by atomic mass is 9.98. The maximum Gasteiger partial charge on any atom is -0.0201 e. The fourth-order valence-electron chi connectivity index (χ4n) is 1.51. The zero-order chi connectivity index (χ0) is 9.68. The van der Waals surface area contributed by atoms with Crippen LogP contribution in [0.1, 0.15) is 23.1 Å². The van der Waals surface area contributed by atoms with E-state index >= 15 is 0 Å². The van der Waals surface area contributed by atoms with Gasteiger partial charge in [-0.2, -0.15) is 0 Å². The molecule has 0 heterocycles. The Morgan fingerprint density at radius 1 is 1.31 bits per heavy atom. The predicted molar refractivity (Wildman–Crippen MR) is 59.8 cm³/mol. The lowest BCUT2D eigenvalue weighted by molar-refractivity contribution is 0.997. The summed E-state index contributed by atoms with van der Waals surface area (Å²) in [6.07, 6.45) is 5.99. The summed E-state index contributed by atoms with van der Waals surface area (Å²) in [4.78, 5) is 0. The van der Waals surface area contributed by atoms with E-state index in [2.05, 4.69) is 38.3 Å². The second-order valence-electron chi connectivity index (χ2n) is 3.18. The smallest absolute Gasteiger partial charge is 0.0201 e. The minimum atomic E-state index is 1.03. The highest BCUT2D eigenvalue weighted by Gasteiger charge is 2.00. The van der Waals surface area contributed by atoms with E-state index in [0.717, 1.165) is 12.8 Å². The summed E-state index contributed by atoms with van der Waals surface area (Å²) in [5.41, 5.74) is 3.95. The monoisotopic (exact) mass is 172 g/mol. The van der Waals surface area contributed by atoms with E-state index in [1.54, 1.807) is 0 Å². The summed E-state index contributed by atoms with van der Waals surface area (Å²) >= 11 is 0. The van der Waals surface area contributed by atoms with Gasteiger partial charge in [0.1, 0.15) is 0 Å². The second-order valence-corrected chi connectivity index (χ2v) is 3.18. The van der Waals surface area contributed by atoms with Crippen molar-refractivity contribution < 1.29 is 0 Å². The van der Waals surface area contributed by atoms with Crippen LogP contribution in [-0.4, -0.2) is 0 Å². The molecule has 0 spiro atoms. The second kappa shape index (κ2) is 4.66. The Bertz CT molecular complexity index is 308. The fourth-order valence-corrected chi connectivity index (χ4v) is 1.51.